The van der Waals surface area contributed by atoms with Gasteiger partial charge in [-0.3, -0.25) is 4.79 Å². The Bertz CT molecular complexity index is 425. The van der Waals surface area contributed by atoms with Gasteiger partial charge in [-0.1, -0.05) is 56.9 Å². The first-order chi connectivity index (χ1) is 9.56. The van der Waals surface area contributed by atoms with Crippen LogP contribution in [-0.4, -0.2) is 12.5 Å². The van der Waals surface area contributed by atoms with Gasteiger partial charge in [0.1, 0.15) is 0 Å². The standard InChI is InChI=1S/C18H29NO/c1-5-7-8-16(6-2)13-19-18(20)12-17-11-14(3)9-10-15(17)4/h9-11,16H,5-8,12-13H2,1-4H3,(H,19,20)/t16-/m1/s1. The Morgan fingerprint density at radius 2 is 2.00 bits per heavy atom. The molecule has 2 heteroatoms. The average molecular weight is 275 g/mol. The lowest BCUT2D eigenvalue weighted by atomic mass is 9.99. The number of amides is 1. The third kappa shape index (κ3) is 5.77. The van der Waals surface area contributed by atoms with Gasteiger partial charge in [-0.15, -0.1) is 0 Å². The predicted molar refractivity (Wildman–Crippen MR) is 85.9 cm³/mol. The molecule has 0 unspecified atom stereocenters. The van der Waals surface area contributed by atoms with Crippen LogP contribution in [0, 0.1) is 19.8 Å². The van der Waals surface area contributed by atoms with Gasteiger partial charge in [0.2, 0.25) is 5.91 Å². The topological polar surface area (TPSA) is 29.1 Å². The van der Waals surface area contributed by atoms with E-state index in [1.54, 1.807) is 0 Å². The van der Waals surface area contributed by atoms with Crippen LogP contribution < -0.4 is 5.32 Å². The molecule has 0 aliphatic carbocycles. The van der Waals surface area contributed by atoms with E-state index in [-0.39, 0.29) is 5.91 Å². The molecule has 20 heavy (non-hydrogen) atoms. The Balaban J connectivity index is 2.45. The van der Waals surface area contributed by atoms with Gasteiger partial charge in [0.25, 0.3) is 0 Å². The molecule has 0 saturated heterocycles. The number of hydrogen-bond donors (Lipinski definition) is 1. The van der Waals surface area contributed by atoms with Crippen molar-refractivity contribution in [1.82, 2.24) is 5.32 Å². The number of carbonyl (C=O) groups excluding carboxylic acids is 1. The summed E-state index contributed by atoms with van der Waals surface area (Å²) in [6, 6.07) is 6.30. The second-order valence-corrected chi connectivity index (χ2v) is 5.83. The molecule has 0 spiro atoms. The second-order valence-electron chi connectivity index (χ2n) is 5.83. The molecule has 0 saturated carbocycles. The van der Waals surface area contributed by atoms with Gasteiger partial charge in [0, 0.05) is 6.54 Å². The largest absolute Gasteiger partial charge is 0.356 e. The molecular formula is C18H29NO. The van der Waals surface area contributed by atoms with Crippen LogP contribution in [0.1, 0.15) is 56.2 Å². The Labute approximate surface area is 124 Å². The maximum atomic E-state index is 12.1. The summed E-state index contributed by atoms with van der Waals surface area (Å²) in [5.74, 6) is 0.770. The molecule has 0 aliphatic rings. The van der Waals surface area contributed by atoms with Gasteiger partial charge in [0.05, 0.1) is 6.42 Å². The minimum absolute atomic E-state index is 0.147. The van der Waals surface area contributed by atoms with E-state index in [4.69, 9.17) is 0 Å². The van der Waals surface area contributed by atoms with Crippen molar-refractivity contribution in [3.8, 4) is 0 Å². The van der Waals surface area contributed by atoms with Crippen molar-refractivity contribution in [3.63, 3.8) is 0 Å². The van der Waals surface area contributed by atoms with Crippen LogP contribution in [0.5, 0.6) is 0 Å². The zero-order chi connectivity index (χ0) is 15.0. The van der Waals surface area contributed by atoms with E-state index in [9.17, 15) is 4.79 Å². The van der Waals surface area contributed by atoms with Gasteiger partial charge in [-0.2, -0.15) is 0 Å². The number of carbonyl (C=O) groups is 1. The highest BCUT2D eigenvalue weighted by Crippen LogP contribution is 2.13. The first kappa shape index (κ1) is 16.7. The van der Waals surface area contributed by atoms with Gasteiger partial charge in [0.15, 0.2) is 0 Å². The van der Waals surface area contributed by atoms with Crippen molar-refractivity contribution in [1.29, 1.82) is 0 Å². The van der Waals surface area contributed by atoms with Crippen molar-refractivity contribution in [2.24, 2.45) is 5.92 Å². The maximum absolute atomic E-state index is 12.1. The fourth-order valence-corrected chi connectivity index (χ4v) is 2.43. The van der Waals surface area contributed by atoms with Crippen LogP contribution in [0.3, 0.4) is 0 Å². The minimum Gasteiger partial charge on any atom is -0.356 e. The number of hydrogen-bond acceptors (Lipinski definition) is 1. The summed E-state index contributed by atoms with van der Waals surface area (Å²) in [7, 11) is 0. The number of unbranched alkanes of at least 4 members (excludes halogenated alkanes) is 1. The molecule has 1 N–H and O–H groups in total. The molecule has 1 aromatic rings. The van der Waals surface area contributed by atoms with E-state index in [1.807, 2.05) is 0 Å². The molecule has 0 fully saturated rings. The molecule has 0 aliphatic heterocycles. The van der Waals surface area contributed by atoms with Gasteiger partial charge >= 0.3 is 0 Å². The van der Waals surface area contributed by atoms with Crippen molar-refractivity contribution < 1.29 is 4.79 Å². The molecule has 1 atom stereocenters. The zero-order valence-corrected chi connectivity index (χ0v) is 13.5. The molecule has 1 rings (SSSR count). The Kier molecular flexibility index (Phi) is 7.35. The Morgan fingerprint density at radius 3 is 2.65 bits per heavy atom. The van der Waals surface area contributed by atoms with E-state index in [0.717, 1.165) is 18.5 Å². The van der Waals surface area contributed by atoms with E-state index in [2.05, 4.69) is 51.2 Å². The Morgan fingerprint density at radius 1 is 1.25 bits per heavy atom. The zero-order valence-electron chi connectivity index (χ0n) is 13.5. The van der Waals surface area contributed by atoms with Crippen LogP contribution in [0.25, 0.3) is 0 Å². The highest BCUT2D eigenvalue weighted by atomic mass is 16.1. The summed E-state index contributed by atoms with van der Waals surface area (Å²) < 4.78 is 0. The van der Waals surface area contributed by atoms with Crippen molar-refractivity contribution in [2.45, 2.75) is 59.8 Å². The third-order valence-electron chi connectivity index (χ3n) is 3.99. The van der Waals surface area contributed by atoms with Gasteiger partial charge in [-0.05, 0) is 37.3 Å². The van der Waals surface area contributed by atoms with Crippen molar-refractivity contribution >= 4 is 5.91 Å². The first-order valence-electron chi connectivity index (χ1n) is 7.89. The number of aryl methyl sites for hydroxylation is 2. The maximum Gasteiger partial charge on any atom is 0.224 e. The lowest BCUT2D eigenvalue weighted by Crippen LogP contribution is -2.30. The molecule has 112 valence electrons. The molecule has 0 radical (unpaired) electrons. The number of nitrogens with one attached hydrogen (secondary N) is 1. The highest BCUT2D eigenvalue weighted by molar-refractivity contribution is 5.78. The molecule has 1 aromatic carbocycles. The van der Waals surface area contributed by atoms with Crippen LogP contribution in [-0.2, 0) is 11.2 Å². The highest BCUT2D eigenvalue weighted by Gasteiger charge is 2.10. The first-order valence-corrected chi connectivity index (χ1v) is 7.89. The van der Waals surface area contributed by atoms with E-state index < -0.39 is 0 Å². The normalized spacial score (nSPS) is 12.2. The Hall–Kier alpha value is -1.31. The summed E-state index contributed by atoms with van der Waals surface area (Å²) in [6.07, 6.45) is 5.34. The SMILES string of the molecule is CCCC[C@@H](CC)CNC(=O)Cc1cc(C)ccc1C. The number of benzene rings is 1. The third-order valence-corrected chi connectivity index (χ3v) is 3.99. The fourth-order valence-electron chi connectivity index (χ4n) is 2.43. The monoisotopic (exact) mass is 275 g/mol. The summed E-state index contributed by atoms with van der Waals surface area (Å²) in [6.45, 7) is 9.38. The molecule has 1 amide bonds. The predicted octanol–water partition coefficient (Wildman–Crippen LogP) is 4.18. The molecule has 0 bridgehead atoms. The number of rotatable bonds is 8. The smallest absolute Gasteiger partial charge is 0.224 e. The van der Waals surface area contributed by atoms with E-state index in [1.165, 1.54) is 30.4 Å². The van der Waals surface area contributed by atoms with Crippen molar-refractivity contribution in [2.75, 3.05) is 6.54 Å². The molecule has 0 aromatic heterocycles. The van der Waals surface area contributed by atoms with Gasteiger partial charge < -0.3 is 5.32 Å². The van der Waals surface area contributed by atoms with Crippen LogP contribution in [0.4, 0.5) is 0 Å². The van der Waals surface area contributed by atoms with Crippen LogP contribution in [0.15, 0.2) is 18.2 Å². The van der Waals surface area contributed by atoms with Gasteiger partial charge in [-0.25, -0.2) is 0 Å². The van der Waals surface area contributed by atoms with Crippen molar-refractivity contribution in [3.05, 3.63) is 34.9 Å². The quantitative estimate of drug-likeness (QED) is 0.757. The average Bonchev–Trinajstić information content (AvgIpc) is 2.43. The summed E-state index contributed by atoms with van der Waals surface area (Å²) >= 11 is 0. The molecular weight excluding hydrogens is 246 g/mol. The summed E-state index contributed by atoms with van der Waals surface area (Å²) in [5.41, 5.74) is 3.56. The van der Waals surface area contributed by atoms with E-state index in [0.29, 0.717) is 12.3 Å². The summed E-state index contributed by atoms with van der Waals surface area (Å²) in [5, 5.41) is 3.10. The second kappa shape index (κ2) is 8.78. The van der Waals surface area contributed by atoms with E-state index >= 15 is 0 Å². The minimum atomic E-state index is 0.147. The van der Waals surface area contributed by atoms with Crippen LogP contribution in [0.2, 0.25) is 0 Å². The molecule has 0 heterocycles. The lowest BCUT2D eigenvalue weighted by Gasteiger charge is -2.15. The van der Waals surface area contributed by atoms with Crippen LogP contribution >= 0.6 is 0 Å². The molecule has 2 nitrogen and oxygen atoms in total. The summed E-state index contributed by atoms with van der Waals surface area (Å²) in [4.78, 5) is 12.1. The lowest BCUT2D eigenvalue weighted by molar-refractivity contribution is -0.120. The fraction of sp³-hybridized carbons (Fsp3) is 0.611.